The number of Topliss-reactive ketones (excluding diaryl/α,β-unsaturated/α-hetero) is 1. The van der Waals surface area contributed by atoms with Gasteiger partial charge in [-0.15, -0.1) is 0 Å². The Hall–Kier alpha value is -1.35. The van der Waals surface area contributed by atoms with Crippen molar-refractivity contribution in [3.63, 3.8) is 0 Å². The molecule has 0 atom stereocenters. The number of carbonyl (C=O) groups is 1. The molecule has 1 N–H and O–H groups in total. The molecule has 2 aliphatic rings. The summed E-state index contributed by atoms with van der Waals surface area (Å²) in [5.41, 5.74) is 1.30. The SMILES string of the molecule is O=C1CCC(O)(c2ccc3c(c2)CCO3)CC1. The zero-order valence-electron chi connectivity index (χ0n) is 9.74. The van der Waals surface area contributed by atoms with E-state index in [1.165, 1.54) is 5.56 Å². The average molecular weight is 232 g/mol. The lowest BCUT2D eigenvalue weighted by Gasteiger charge is -2.32. The second-order valence-corrected chi connectivity index (χ2v) is 4.99. The van der Waals surface area contributed by atoms with Crippen LogP contribution in [0.25, 0.3) is 0 Å². The van der Waals surface area contributed by atoms with Crippen LogP contribution in [-0.2, 0) is 16.8 Å². The summed E-state index contributed by atoms with van der Waals surface area (Å²) in [6, 6.07) is 5.91. The van der Waals surface area contributed by atoms with E-state index in [1.807, 2.05) is 18.2 Å². The van der Waals surface area contributed by atoms with Crippen molar-refractivity contribution < 1.29 is 14.6 Å². The molecular formula is C14H16O3. The van der Waals surface area contributed by atoms with Crippen LogP contribution in [0.15, 0.2) is 18.2 Å². The molecule has 1 fully saturated rings. The van der Waals surface area contributed by atoms with Crippen molar-refractivity contribution in [1.82, 2.24) is 0 Å². The molecule has 90 valence electrons. The fourth-order valence-corrected chi connectivity index (χ4v) is 2.71. The molecule has 0 spiro atoms. The van der Waals surface area contributed by atoms with Crippen molar-refractivity contribution >= 4 is 5.78 Å². The van der Waals surface area contributed by atoms with Gasteiger partial charge in [0, 0.05) is 19.3 Å². The third-order valence-corrected chi connectivity index (χ3v) is 3.86. The molecule has 0 bridgehead atoms. The number of benzene rings is 1. The zero-order valence-corrected chi connectivity index (χ0v) is 9.74. The van der Waals surface area contributed by atoms with E-state index in [1.54, 1.807) is 0 Å². The summed E-state index contributed by atoms with van der Waals surface area (Å²) >= 11 is 0. The van der Waals surface area contributed by atoms with Gasteiger partial charge in [0.15, 0.2) is 0 Å². The fourth-order valence-electron chi connectivity index (χ4n) is 2.71. The summed E-state index contributed by atoms with van der Waals surface area (Å²) in [5.74, 6) is 1.20. The van der Waals surface area contributed by atoms with Gasteiger partial charge in [0.2, 0.25) is 0 Å². The molecule has 3 rings (SSSR count). The molecule has 0 radical (unpaired) electrons. The summed E-state index contributed by atoms with van der Waals surface area (Å²) in [6.07, 6.45) is 2.99. The van der Waals surface area contributed by atoms with Crippen LogP contribution in [0.4, 0.5) is 0 Å². The lowest BCUT2D eigenvalue weighted by atomic mass is 9.79. The standard InChI is InChI=1S/C14H16O3/c15-12-3-6-14(16,7-4-12)11-1-2-13-10(9-11)5-8-17-13/h1-2,9,16H,3-8H2. The minimum atomic E-state index is -0.814. The van der Waals surface area contributed by atoms with E-state index >= 15 is 0 Å². The monoisotopic (exact) mass is 232 g/mol. The molecule has 0 saturated heterocycles. The van der Waals surface area contributed by atoms with Gasteiger partial charge in [-0.3, -0.25) is 4.79 Å². The molecule has 1 aliphatic carbocycles. The topological polar surface area (TPSA) is 46.5 Å². The maximum absolute atomic E-state index is 11.2. The molecular weight excluding hydrogens is 216 g/mol. The quantitative estimate of drug-likeness (QED) is 0.805. The average Bonchev–Trinajstić information content (AvgIpc) is 2.80. The largest absolute Gasteiger partial charge is 0.493 e. The van der Waals surface area contributed by atoms with Gasteiger partial charge in [-0.2, -0.15) is 0 Å². The number of hydrogen-bond acceptors (Lipinski definition) is 3. The number of fused-ring (bicyclic) bond motifs is 1. The predicted octanol–water partition coefficient (Wildman–Crippen LogP) is 1.95. The predicted molar refractivity (Wildman–Crippen MR) is 63.0 cm³/mol. The Kier molecular flexibility index (Phi) is 2.44. The Morgan fingerprint density at radius 3 is 2.71 bits per heavy atom. The smallest absolute Gasteiger partial charge is 0.133 e. The lowest BCUT2D eigenvalue weighted by Crippen LogP contribution is -2.31. The lowest BCUT2D eigenvalue weighted by molar-refractivity contribution is -0.125. The Balaban J connectivity index is 1.90. The van der Waals surface area contributed by atoms with Crippen LogP contribution in [0.3, 0.4) is 0 Å². The van der Waals surface area contributed by atoms with Crippen molar-refractivity contribution in [2.45, 2.75) is 37.7 Å². The molecule has 17 heavy (non-hydrogen) atoms. The van der Waals surface area contributed by atoms with Gasteiger partial charge < -0.3 is 9.84 Å². The van der Waals surface area contributed by atoms with E-state index in [0.717, 1.165) is 24.3 Å². The van der Waals surface area contributed by atoms with Crippen LogP contribution in [-0.4, -0.2) is 17.5 Å². The van der Waals surface area contributed by atoms with Crippen LogP contribution >= 0.6 is 0 Å². The summed E-state index contributed by atoms with van der Waals surface area (Å²) < 4.78 is 5.46. The molecule has 0 amide bonds. The normalized spacial score (nSPS) is 22.1. The number of carbonyl (C=O) groups excluding carboxylic acids is 1. The van der Waals surface area contributed by atoms with Crippen molar-refractivity contribution in [2.75, 3.05) is 6.61 Å². The molecule has 0 aromatic heterocycles. The van der Waals surface area contributed by atoms with Gasteiger partial charge in [-0.25, -0.2) is 0 Å². The second-order valence-electron chi connectivity index (χ2n) is 4.99. The first kappa shape index (κ1) is 10.8. The van der Waals surface area contributed by atoms with E-state index in [0.29, 0.717) is 25.7 Å². The maximum atomic E-state index is 11.2. The zero-order chi connectivity index (χ0) is 11.9. The Morgan fingerprint density at radius 1 is 1.18 bits per heavy atom. The molecule has 1 saturated carbocycles. The van der Waals surface area contributed by atoms with E-state index in [2.05, 4.69) is 0 Å². The number of ketones is 1. The maximum Gasteiger partial charge on any atom is 0.133 e. The molecule has 1 aromatic carbocycles. The first-order chi connectivity index (χ1) is 8.17. The van der Waals surface area contributed by atoms with Gasteiger partial charge in [0.25, 0.3) is 0 Å². The molecule has 1 aromatic rings. The highest BCUT2D eigenvalue weighted by Crippen LogP contribution is 2.38. The van der Waals surface area contributed by atoms with Crippen LogP contribution < -0.4 is 4.74 Å². The van der Waals surface area contributed by atoms with Crippen molar-refractivity contribution in [2.24, 2.45) is 0 Å². The van der Waals surface area contributed by atoms with E-state index in [4.69, 9.17) is 4.74 Å². The highest BCUT2D eigenvalue weighted by Gasteiger charge is 2.34. The molecule has 3 nitrogen and oxygen atoms in total. The van der Waals surface area contributed by atoms with Crippen LogP contribution in [0.5, 0.6) is 5.75 Å². The van der Waals surface area contributed by atoms with Gasteiger partial charge in [-0.05, 0) is 36.1 Å². The van der Waals surface area contributed by atoms with Crippen LogP contribution in [0, 0.1) is 0 Å². The highest BCUT2D eigenvalue weighted by atomic mass is 16.5. The highest BCUT2D eigenvalue weighted by molar-refractivity contribution is 5.79. The molecule has 1 aliphatic heterocycles. The minimum absolute atomic E-state index is 0.263. The summed E-state index contributed by atoms with van der Waals surface area (Å²) in [7, 11) is 0. The summed E-state index contributed by atoms with van der Waals surface area (Å²) in [5, 5.41) is 10.6. The number of rotatable bonds is 1. The molecule has 0 unspecified atom stereocenters. The van der Waals surface area contributed by atoms with E-state index in [9.17, 15) is 9.90 Å². The number of aliphatic hydroxyl groups is 1. The second kappa shape index (κ2) is 3.84. The molecule has 1 heterocycles. The van der Waals surface area contributed by atoms with Crippen molar-refractivity contribution in [3.05, 3.63) is 29.3 Å². The fraction of sp³-hybridized carbons (Fsp3) is 0.500. The first-order valence-electron chi connectivity index (χ1n) is 6.18. The number of ether oxygens (including phenoxy) is 1. The Labute approximate surface area is 100 Å². The van der Waals surface area contributed by atoms with Crippen LogP contribution in [0.1, 0.15) is 36.8 Å². The van der Waals surface area contributed by atoms with Crippen molar-refractivity contribution in [1.29, 1.82) is 0 Å². The molecule has 3 heteroatoms. The third kappa shape index (κ3) is 1.84. The van der Waals surface area contributed by atoms with Gasteiger partial charge in [0.1, 0.15) is 11.5 Å². The van der Waals surface area contributed by atoms with Gasteiger partial charge in [-0.1, -0.05) is 6.07 Å². The minimum Gasteiger partial charge on any atom is -0.493 e. The van der Waals surface area contributed by atoms with Gasteiger partial charge >= 0.3 is 0 Å². The summed E-state index contributed by atoms with van der Waals surface area (Å²) in [4.78, 5) is 11.2. The summed E-state index contributed by atoms with van der Waals surface area (Å²) in [6.45, 7) is 0.732. The van der Waals surface area contributed by atoms with E-state index in [-0.39, 0.29) is 5.78 Å². The van der Waals surface area contributed by atoms with E-state index < -0.39 is 5.60 Å². The van der Waals surface area contributed by atoms with Crippen LogP contribution in [0.2, 0.25) is 0 Å². The Bertz CT molecular complexity index is 455. The van der Waals surface area contributed by atoms with Crippen molar-refractivity contribution in [3.8, 4) is 5.75 Å². The van der Waals surface area contributed by atoms with Gasteiger partial charge in [0.05, 0.1) is 12.2 Å². The number of hydrogen-bond donors (Lipinski definition) is 1. The Morgan fingerprint density at radius 2 is 1.94 bits per heavy atom. The first-order valence-corrected chi connectivity index (χ1v) is 6.18. The third-order valence-electron chi connectivity index (χ3n) is 3.86.